The summed E-state index contributed by atoms with van der Waals surface area (Å²) in [4.78, 5) is 15.4. The van der Waals surface area contributed by atoms with Crippen LogP contribution in [0.1, 0.15) is 11.8 Å². The molecule has 9 heteroatoms. The van der Waals surface area contributed by atoms with Gasteiger partial charge < -0.3 is 24.8 Å². The molecule has 0 aromatic carbocycles. The fraction of sp³-hybridized carbons (Fsp3) is 0.500. The van der Waals surface area contributed by atoms with Gasteiger partial charge in [0, 0.05) is 11.8 Å². The van der Waals surface area contributed by atoms with Gasteiger partial charge in [0.2, 0.25) is 5.88 Å². The number of hydrogen-bond acceptors (Lipinski definition) is 7. The van der Waals surface area contributed by atoms with Crippen LogP contribution in [0.2, 0.25) is 0 Å². The Hall–Kier alpha value is -1.99. The van der Waals surface area contributed by atoms with E-state index in [0.29, 0.717) is 5.56 Å². The van der Waals surface area contributed by atoms with Gasteiger partial charge in [-0.2, -0.15) is 4.98 Å². The van der Waals surface area contributed by atoms with Gasteiger partial charge in [0.25, 0.3) is 5.85 Å². The fourth-order valence-corrected chi connectivity index (χ4v) is 2.00. The lowest BCUT2D eigenvalue weighted by Gasteiger charge is -2.20. The molecule has 0 spiro atoms. The zero-order valence-electron chi connectivity index (χ0n) is 10.9. The normalized spacial score (nSPS) is 31.9. The maximum absolute atomic E-state index is 14.0. The third kappa shape index (κ3) is 2.50. The molecule has 0 bridgehead atoms. The van der Waals surface area contributed by atoms with Gasteiger partial charge in [-0.1, -0.05) is 6.42 Å². The molecule has 114 valence electrons. The Bertz CT molecular complexity index is 642. The standard InChI is InChI=1S/C12H13FN2O6/c1-3-20-9-6(2)4-15(11(19)14-9)10-7(17)8(18)12(13,5-16)21-10/h1,4,7-8,10,16-18H,5H2,2H3/t7-,8+,10-,12-/m1/s1. The summed E-state index contributed by atoms with van der Waals surface area (Å²) < 4.78 is 24.2. The fourth-order valence-electron chi connectivity index (χ4n) is 2.00. The van der Waals surface area contributed by atoms with Gasteiger partial charge in [-0.25, -0.2) is 9.18 Å². The van der Waals surface area contributed by atoms with E-state index in [4.69, 9.17) is 16.3 Å². The molecule has 1 aliphatic rings. The van der Waals surface area contributed by atoms with Crippen molar-refractivity contribution in [1.29, 1.82) is 0 Å². The Morgan fingerprint density at radius 1 is 1.67 bits per heavy atom. The first-order chi connectivity index (χ1) is 9.84. The van der Waals surface area contributed by atoms with Gasteiger partial charge in [-0.05, 0) is 6.92 Å². The van der Waals surface area contributed by atoms with Crippen LogP contribution in [0.25, 0.3) is 0 Å². The second-order valence-electron chi connectivity index (χ2n) is 4.53. The van der Waals surface area contributed by atoms with Crippen LogP contribution in [0.3, 0.4) is 0 Å². The topological polar surface area (TPSA) is 114 Å². The zero-order valence-corrected chi connectivity index (χ0v) is 10.9. The van der Waals surface area contributed by atoms with E-state index < -0.39 is 36.6 Å². The highest BCUT2D eigenvalue weighted by Gasteiger charge is 2.56. The number of ether oxygens (including phenoxy) is 2. The van der Waals surface area contributed by atoms with Gasteiger partial charge in [0.1, 0.15) is 24.9 Å². The Morgan fingerprint density at radius 2 is 2.33 bits per heavy atom. The van der Waals surface area contributed by atoms with Crippen molar-refractivity contribution < 1.29 is 29.2 Å². The summed E-state index contributed by atoms with van der Waals surface area (Å²) in [6.07, 6.45) is 2.66. The second kappa shape index (κ2) is 5.42. The first-order valence-electron chi connectivity index (χ1n) is 5.90. The molecule has 4 atom stereocenters. The molecular weight excluding hydrogens is 287 g/mol. The third-order valence-electron chi connectivity index (χ3n) is 3.11. The average Bonchev–Trinajstić information content (AvgIpc) is 2.68. The van der Waals surface area contributed by atoms with Crippen molar-refractivity contribution in [1.82, 2.24) is 9.55 Å². The lowest BCUT2D eigenvalue weighted by molar-refractivity contribution is -0.207. The Kier molecular flexibility index (Phi) is 3.97. The van der Waals surface area contributed by atoms with E-state index in [9.17, 15) is 19.4 Å². The Labute approximate surface area is 118 Å². The zero-order chi connectivity index (χ0) is 15.8. The maximum Gasteiger partial charge on any atom is 0.353 e. The molecule has 0 saturated carbocycles. The number of alkyl halides is 1. The number of aromatic nitrogens is 2. The van der Waals surface area contributed by atoms with E-state index in [1.165, 1.54) is 13.1 Å². The minimum Gasteiger partial charge on any atom is -0.390 e. The largest absolute Gasteiger partial charge is 0.390 e. The molecule has 1 fully saturated rings. The van der Waals surface area contributed by atoms with Crippen molar-refractivity contribution in [2.24, 2.45) is 0 Å². The summed E-state index contributed by atoms with van der Waals surface area (Å²) in [5, 5.41) is 28.2. The van der Waals surface area contributed by atoms with Crippen LogP contribution in [0.4, 0.5) is 4.39 Å². The highest BCUT2D eigenvalue weighted by atomic mass is 19.2. The molecule has 21 heavy (non-hydrogen) atoms. The van der Waals surface area contributed by atoms with Crippen LogP contribution in [-0.4, -0.2) is 49.5 Å². The molecule has 1 saturated heterocycles. The molecule has 8 nitrogen and oxygen atoms in total. The summed E-state index contributed by atoms with van der Waals surface area (Å²) in [6.45, 7) is 0.337. The van der Waals surface area contributed by atoms with Crippen molar-refractivity contribution >= 4 is 0 Å². The van der Waals surface area contributed by atoms with Crippen LogP contribution in [0.5, 0.6) is 5.88 Å². The SMILES string of the molecule is C#COc1nc(=O)n([C@@H]2O[C@](F)(CO)[C@@H](O)[C@H]2O)cc1C. The van der Waals surface area contributed by atoms with Crippen molar-refractivity contribution in [3.63, 3.8) is 0 Å². The van der Waals surface area contributed by atoms with Gasteiger partial charge in [-0.15, -0.1) is 0 Å². The van der Waals surface area contributed by atoms with E-state index in [-0.39, 0.29) is 5.88 Å². The lowest BCUT2D eigenvalue weighted by atomic mass is 10.1. The van der Waals surface area contributed by atoms with Crippen molar-refractivity contribution in [3.05, 3.63) is 22.2 Å². The predicted molar refractivity (Wildman–Crippen MR) is 65.8 cm³/mol. The molecule has 1 aromatic rings. The number of rotatable bonds is 3. The number of halogens is 1. The number of terminal acetylenes is 1. The number of aliphatic hydroxyl groups is 3. The monoisotopic (exact) mass is 300 g/mol. The van der Waals surface area contributed by atoms with Crippen LogP contribution in [0, 0.1) is 19.5 Å². The first kappa shape index (κ1) is 15.4. The van der Waals surface area contributed by atoms with E-state index in [0.717, 1.165) is 4.57 Å². The summed E-state index contributed by atoms with van der Waals surface area (Å²) in [7, 11) is 0. The Balaban J connectivity index is 2.42. The van der Waals surface area contributed by atoms with E-state index >= 15 is 0 Å². The highest BCUT2D eigenvalue weighted by molar-refractivity contribution is 5.22. The van der Waals surface area contributed by atoms with Crippen LogP contribution in [-0.2, 0) is 4.74 Å². The molecule has 1 aliphatic heterocycles. The average molecular weight is 300 g/mol. The van der Waals surface area contributed by atoms with Crippen LogP contribution < -0.4 is 10.4 Å². The van der Waals surface area contributed by atoms with Crippen molar-refractivity contribution in [2.75, 3.05) is 6.61 Å². The first-order valence-corrected chi connectivity index (χ1v) is 5.90. The number of nitrogens with zero attached hydrogens (tertiary/aromatic N) is 2. The molecule has 2 heterocycles. The van der Waals surface area contributed by atoms with Crippen molar-refractivity contribution in [3.8, 4) is 18.4 Å². The summed E-state index contributed by atoms with van der Waals surface area (Å²) in [5.74, 6) is -2.98. The number of aliphatic hydroxyl groups excluding tert-OH is 3. The molecule has 0 amide bonds. The minimum atomic E-state index is -2.87. The predicted octanol–water partition coefficient (Wildman–Crippen LogP) is -1.57. The highest BCUT2D eigenvalue weighted by Crippen LogP contribution is 2.37. The molecule has 1 aromatic heterocycles. The number of aryl methyl sites for hydroxylation is 1. The van der Waals surface area contributed by atoms with E-state index in [1.54, 1.807) is 0 Å². The quantitative estimate of drug-likeness (QED) is 0.578. The third-order valence-corrected chi connectivity index (χ3v) is 3.11. The minimum absolute atomic E-state index is 0.111. The Morgan fingerprint density at radius 3 is 2.86 bits per heavy atom. The number of hydrogen-bond donors (Lipinski definition) is 3. The maximum atomic E-state index is 14.0. The van der Waals surface area contributed by atoms with Crippen LogP contribution >= 0.6 is 0 Å². The van der Waals surface area contributed by atoms with Crippen molar-refractivity contribution in [2.45, 2.75) is 31.2 Å². The van der Waals surface area contributed by atoms with E-state index in [2.05, 4.69) is 9.72 Å². The smallest absolute Gasteiger partial charge is 0.353 e. The van der Waals surface area contributed by atoms with Gasteiger partial charge >= 0.3 is 5.69 Å². The molecule has 2 rings (SSSR count). The molecule has 0 aliphatic carbocycles. The second-order valence-corrected chi connectivity index (χ2v) is 4.53. The summed E-state index contributed by atoms with van der Waals surface area (Å²) >= 11 is 0. The van der Waals surface area contributed by atoms with Gasteiger partial charge in [-0.3, -0.25) is 4.57 Å². The van der Waals surface area contributed by atoms with Crippen LogP contribution in [0.15, 0.2) is 11.0 Å². The molecule has 0 unspecified atom stereocenters. The lowest BCUT2D eigenvalue weighted by Crippen LogP contribution is -2.42. The summed E-state index contributed by atoms with van der Waals surface area (Å²) in [5.41, 5.74) is -0.595. The van der Waals surface area contributed by atoms with Gasteiger partial charge in [0.15, 0.2) is 6.23 Å². The van der Waals surface area contributed by atoms with Gasteiger partial charge in [0.05, 0.1) is 0 Å². The summed E-state index contributed by atoms with van der Waals surface area (Å²) in [6, 6.07) is 0. The molecule has 3 N–H and O–H groups in total. The van der Waals surface area contributed by atoms with E-state index in [1.807, 2.05) is 6.11 Å². The molecular formula is C12H13FN2O6. The molecule has 0 radical (unpaired) electrons.